The standard InChI is InChI=1S/C10H19F3N2.2ClH/c1-8(2)7-9(10(11,12)13)15-5-3-14-4-6-15;;/h8-9,14H,3-7H2,1-2H3;2*1H/t9-;;/m1../s1. The highest BCUT2D eigenvalue weighted by Crippen LogP contribution is 2.29. The quantitative estimate of drug-likeness (QED) is 0.861. The number of rotatable bonds is 3. The normalized spacial score (nSPS) is 19.4. The van der Waals surface area contributed by atoms with Crippen molar-refractivity contribution in [3.05, 3.63) is 0 Å². The first-order chi connectivity index (χ1) is 6.91. The highest BCUT2D eigenvalue weighted by atomic mass is 35.5. The topological polar surface area (TPSA) is 15.3 Å². The lowest BCUT2D eigenvalue weighted by Gasteiger charge is -2.36. The Labute approximate surface area is 113 Å². The minimum Gasteiger partial charge on any atom is -0.314 e. The van der Waals surface area contributed by atoms with Crippen molar-refractivity contribution >= 4 is 24.8 Å². The van der Waals surface area contributed by atoms with Crippen molar-refractivity contribution in [1.82, 2.24) is 10.2 Å². The van der Waals surface area contributed by atoms with Crippen molar-refractivity contribution in [1.29, 1.82) is 0 Å². The van der Waals surface area contributed by atoms with Crippen LogP contribution in [0.4, 0.5) is 13.2 Å². The average molecular weight is 297 g/mol. The summed E-state index contributed by atoms with van der Waals surface area (Å²) in [5.41, 5.74) is 0. The summed E-state index contributed by atoms with van der Waals surface area (Å²) in [6.45, 7) is 5.98. The van der Waals surface area contributed by atoms with Gasteiger partial charge >= 0.3 is 6.18 Å². The second-order valence-electron chi connectivity index (χ2n) is 4.47. The Hall–Kier alpha value is 0.290. The van der Waals surface area contributed by atoms with Gasteiger partial charge < -0.3 is 5.32 Å². The zero-order valence-electron chi connectivity index (χ0n) is 10.1. The van der Waals surface area contributed by atoms with Gasteiger partial charge in [-0.15, -0.1) is 24.8 Å². The van der Waals surface area contributed by atoms with E-state index in [1.807, 2.05) is 13.8 Å². The van der Waals surface area contributed by atoms with Gasteiger partial charge in [-0.3, -0.25) is 4.90 Å². The highest BCUT2D eigenvalue weighted by Gasteiger charge is 2.43. The molecule has 0 bridgehead atoms. The van der Waals surface area contributed by atoms with Crippen LogP contribution in [0.15, 0.2) is 0 Å². The smallest absolute Gasteiger partial charge is 0.314 e. The Morgan fingerprint density at radius 2 is 1.59 bits per heavy atom. The zero-order chi connectivity index (χ0) is 11.5. The lowest BCUT2D eigenvalue weighted by Crippen LogP contribution is -2.54. The van der Waals surface area contributed by atoms with E-state index in [1.165, 1.54) is 0 Å². The fourth-order valence-electron chi connectivity index (χ4n) is 1.93. The van der Waals surface area contributed by atoms with Crippen molar-refractivity contribution in [3.63, 3.8) is 0 Å². The van der Waals surface area contributed by atoms with Crippen LogP contribution in [0.3, 0.4) is 0 Å². The second kappa shape index (κ2) is 8.40. The molecule has 0 unspecified atom stereocenters. The molecule has 1 rings (SSSR count). The molecule has 1 aliphatic rings. The van der Waals surface area contributed by atoms with Gasteiger partial charge in [0.1, 0.15) is 6.04 Å². The Morgan fingerprint density at radius 1 is 1.12 bits per heavy atom. The predicted molar refractivity (Wildman–Crippen MR) is 68.2 cm³/mol. The molecule has 1 saturated heterocycles. The summed E-state index contributed by atoms with van der Waals surface area (Å²) in [4.78, 5) is 1.55. The SMILES string of the molecule is CC(C)C[C@@H](N1CCNCC1)C(F)(F)F.Cl.Cl. The first kappa shape index (κ1) is 19.6. The van der Waals surface area contributed by atoms with Gasteiger partial charge in [-0.25, -0.2) is 0 Å². The molecule has 17 heavy (non-hydrogen) atoms. The fraction of sp³-hybridized carbons (Fsp3) is 1.00. The maximum absolute atomic E-state index is 12.8. The van der Waals surface area contributed by atoms with Gasteiger partial charge in [0.05, 0.1) is 0 Å². The summed E-state index contributed by atoms with van der Waals surface area (Å²) in [6, 6.07) is -1.26. The molecule has 0 spiro atoms. The summed E-state index contributed by atoms with van der Waals surface area (Å²) in [6.07, 6.45) is -3.90. The fourth-order valence-corrected chi connectivity index (χ4v) is 1.93. The van der Waals surface area contributed by atoms with E-state index in [2.05, 4.69) is 5.32 Å². The lowest BCUT2D eigenvalue weighted by atomic mass is 10.0. The summed E-state index contributed by atoms with van der Waals surface area (Å²) in [5, 5.41) is 3.07. The molecule has 1 N–H and O–H groups in total. The molecule has 0 aliphatic carbocycles. The minimum atomic E-state index is -4.10. The van der Waals surface area contributed by atoms with Crippen LogP contribution in [0, 0.1) is 5.92 Å². The van der Waals surface area contributed by atoms with E-state index in [9.17, 15) is 13.2 Å². The molecule has 0 amide bonds. The van der Waals surface area contributed by atoms with E-state index in [1.54, 1.807) is 4.90 Å². The molecule has 0 aromatic rings. The van der Waals surface area contributed by atoms with E-state index in [-0.39, 0.29) is 37.2 Å². The molecule has 106 valence electrons. The monoisotopic (exact) mass is 296 g/mol. The zero-order valence-corrected chi connectivity index (χ0v) is 11.7. The molecule has 1 atom stereocenters. The molecule has 2 nitrogen and oxygen atoms in total. The van der Waals surface area contributed by atoms with Crippen LogP contribution in [0.2, 0.25) is 0 Å². The van der Waals surface area contributed by atoms with Crippen LogP contribution in [0.1, 0.15) is 20.3 Å². The number of nitrogens with zero attached hydrogens (tertiary/aromatic N) is 1. The third-order valence-electron chi connectivity index (χ3n) is 2.66. The Balaban J connectivity index is 0. The molecule has 0 saturated carbocycles. The van der Waals surface area contributed by atoms with Crippen LogP contribution in [0.5, 0.6) is 0 Å². The third-order valence-corrected chi connectivity index (χ3v) is 2.66. The Morgan fingerprint density at radius 3 is 1.94 bits per heavy atom. The maximum atomic E-state index is 12.8. The minimum absolute atomic E-state index is 0. The molecule has 1 fully saturated rings. The molecule has 0 radical (unpaired) electrons. The highest BCUT2D eigenvalue weighted by molar-refractivity contribution is 5.85. The van der Waals surface area contributed by atoms with E-state index in [0.717, 1.165) is 0 Å². The molecular formula is C10H21Cl2F3N2. The van der Waals surface area contributed by atoms with Gasteiger partial charge in [0.2, 0.25) is 0 Å². The second-order valence-corrected chi connectivity index (χ2v) is 4.47. The largest absolute Gasteiger partial charge is 0.404 e. The molecule has 7 heteroatoms. The summed E-state index contributed by atoms with van der Waals surface area (Å²) < 4.78 is 38.4. The van der Waals surface area contributed by atoms with Crippen molar-refractivity contribution in [3.8, 4) is 0 Å². The van der Waals surface area contributed by atoms with Crippen molar-refractivity contribution < 1.29 is 13.2 Å². The van der Waals surface area contributed by atoms with Gasteiger partial charge in [0.25, 0.3) is 0 Å². The maximum Gasteiger partial charge on any atom is 0.404 e. The molecule has 0 aromatic heterocycles. The van der Waals surface area contributed by atoms with Crippen LogP contribution >= 0.6 is 24.8 Å². The van der Waals surface area contributed by atoms with Crippen LogP contribution in [-0.2, 0) is 0 Å². The number of nitrogens with one attached hydrogen (secondary N) is 1. The van der Waals surface area contributed by atoms with E-state index < -0.39 is 12.2 Å². The number of hydrogen-bond donors (Lipinski definition) is 1. The van der Waals surface area contributed by atoms with Crippen molar-refractivity contribution in [2.45, 2.75) is 32.5 Å². The first-order valence-electron chi connectivity index (χ1n) is 5.42. The van der Waals surface area contributed by atoms with Gasteiger partial charge in [0, 0.05) is 26.2 Å². The number of hydrogen-bond acceptors (Lipinski definition) is 2. The van der Waals surface area contributed by atoms with Gasteiger partial charge in [-0.1, -0.05) is 13.8 Å². The van der Waals surface area contributed by atoms with Crippen LogP contribution in [0.25, 0.3) is 0 Å². The van der Waals surface area contributed by atoms with Crippen LogP contribution < -0.4 is 5.32 Å². The van der Waals surface area contributed by atoms with Gasteiger partial charge in [-0.05, 0) is 12.3 Å². The Kier molecular flexibility index (Phi) is 9.70. The van der Waals surface area contributed by atoms with Crippen molar-refractivity contribution in [2.24, 2.45) is 5.92 Å². The lowest BCUT2D eigenvalue weighted by molar-refractivity contribution is -0.189. The average Bonchev–Trinajstić information content (AvgIpc) is 2.14. The molecule has 1 heterocycles. The van der Waals surface area contributed by atoms with E-state index in [4.69, 9.17) is 0 Å². The van der Waals surface area contributed by atoms with Crippen LogP contribution in [-0.4, -0.2) is 43.3 Å². The molecule has 0 aromatic carbocycles. The van der Waals surface area contributed by atoms with E-state index >= 15 is 0 Å². The summed E-state index contributed by atoms with van der Waals surface area (Å²) in [7, 11) is 0. The first-order valence-corrected chi connectivity index (χ1v) is 5.42. The number of halogens is 5. The molecular weight excluding hydrogens is 276 g/mol. The van der Waals surface area contributed by atoms with Crippen molar-refractivity contribution in [2.75, 3.05) is 26.2 Å². The molecule has 1 aliphatic heterocycles. The Bertz CT molecular complexity index is 194. The van der Waals surface area contributed by atoms with Gasteiger partial charge in [-0.2, -0.15) is 13.2 Å². The number of alkyl halides is 3. The van der Waals surface area contributed by atoms with Gasteiger partial charge in [0.15, 0.2) is 0 Å². The summed E-state index contributed by atoms with van der Waals surface area (Å²) in [5.74, 6) is 0.0755. The van der Waals surface area contributed by atoms with E-state index in [0.29, 0.717) is 26.2 Å². The third kappa shape index (κ3) is 6.70. The number of piperazine rings is 1. The summed E-state index contributed by atoms with van der Waals surface area (Å²) >= 11 is 0. The predicted octanol–water partition coefficient (Wildman–Crippen LogP) is 2.71.